The molecule has 0 bridgehead atoms. The molecular formula is C22H27ClN2O4. The van der Waals surface area contributed by atoms with E-state index in [1.165, 1.54) is 0 Å². The van der Waals surface area contributed by atoms with Crippen molar-refractivity contribution in [2.24, 2.45) is 0 Å². The highest BCUT2D eigenvalue weighted by Crippen LogP contribution is 2.36. The Morgan fingerprint density at radius 1 is 1.24 bits per heavy atom. The molecule has 7 heteroatoms. The average Bonchev–Trinajstić information content (AvgIpc) is 2.74. The summed E-state index contributed by atoms with van der Waals surface area (Å²) in [6.07, 6.45) is 1.35. The normalized spacial score (nSPS) is 14.6. The van der Waals surface area contributed by atoms with Crippen molar-refractivity contribution >= 4 is 23.2 Å². The van der Waals surface area contributed by atoms with E-state index >= 15 is 0 Å². The van der Waals surface area contributed by atoms with Crippen molar-refractivity contribution in [1.29, 1.82) is 0 Å². The molecule has 1 saturated heterocycles. The molecule has 0 spiro atoms. The zero-order chi connectivity index (χ0) is 20.8. The third-order valence-corrected chi connectivity index (χ3v) is 5.27. The predicted molar refractivity (Wildman–Crippen MR) is 114 cm³/mol. The van der Waals surface area contributed by atoms with E-state index in [-0.39, 0.29) is 12.0 Å². The second-order valence-electron chi connectivity index (χ2n) is 6.99. The molecule has 1 amide bonds. The Bertz CT molecular complexity index is 833. The van der Waals surface area contributed by atoms with Crippen molar-refractivity contribution in [3.63, 3.8) is 0 Å². The van der Waals surface area contributed by atoms with Crippen molar-refractivity contribution in [3.05, 3.63) is 52.5 Å². The first-order chi connectivity index (χ1) is 14.0. The van der Waals surface area contributed by atoms with Crippen LogP contribution in [-0.4, -0.2) is 43.9 Å². The molecule has 0 radical (unpaired) electrons. The summed E-state index contributed by atoms with van der Waals surface area (Å²) in [4.78, 5) is 14.7. The zero-order valence-electron chi connectivity index (χ0n) is 16.8. The summed E-state index contributed by atoms with van der Waals surface area (Å²) in [6.45, 7) is 4.34. The van der Waals surface area contributed by atoms with Crippen molar-refractivity contribution in [2.75, 3.05) is 31.7 Å². The highest BCUT2D eigenvalue weighted by molar-refractivity contribution is 6.32. The first-order valence-electron chi connectivity index (χ1n) is 9.82. The largest absolute Gasteiger partial charge is 0.493 e. The Morgan fingerprint density at radius 2 is 1.93 bits per heavy atom. The topological polar surface area (TPSA) is 71.0 Å². The molecule has 0 saturated carbocycles. The lowest BCUT2D eigenvalue weighted by Gasteiger charge is -2.31. The average molecular weight is 419 g/mol. The van der Waals surface area contributed by atoms with Crippen LogP contribution in [0.5, 0.6) is 11.5 Å². The lowest BCUT2D eigenvalue weighted by atomic mass is 10.1. The van der Waals surface area contributed by atoms with Crippen LogP contribution in [0.15, 0.2) is 36.4 Å². The molecule has 1 fully saturated rings. The van der Waals surface area contributed by atoms with Crippen LogP contribution in [0, 0.1) is 0 Å². The number of ether oxygens (including phenoxy) is 2. The smallest absolute Gasteiger partial charge is 0.251 e. The highest BCUT2D eigenvalue weighted by atomic mass is 35.5. The van der Waals surface area contributed by atoms with E-state index in [0.717, 1.165) is 37.2 Å². The third-order valence-electron chi connectivity index (χ3n) is 4.99. The number of piperidine rings is 1. The molecule has 0 unspecified atom stereocenters. The molecule has 156 valence electrons. The second-order valence-corrected chi connectivity index (χ2v) is 7.40. The minimum absolute atomic E-state index is 0.158. The van der Waals surface area contributed by atoms with Gasteiger partial charge in [-0.3, -0.25) is 4.79 Å². The fourth-order valence-electron chi connectivity index (χ4n) is 3.39. The van der Waals surface area contributed by atoms with Crippen molar-refractivity contribution in [2.45, 2.75) is 32.4 Å². The van der Waals surface area contributed by atoms with E-state index < -0.39 is 0 Å². The Labute approximate surface area is 176 Å². The number of nitrogens with one attached hydrogen (secondary N) is 1. The monoisotopic (exact) mass is 418 g/mol. The van der Waals surface area contributed by atoms with Gasteiger partial charge < -0.3 is 24.8 Å². The molecule has 0 aliphatic carbocycles. The van der Waals surface area contributed by atoms with Gasteiger partial charge in [0.05, 0.1) is 24.8 Å². The van der Waals surface area contributed by atoms with Crippen LogP contribution in [0.1, 0.15) is 35.7 Å². The molecule has 6 nitrogen and oxygen atoms in total. The number of rotatable bonds is 7. The number of hydrogen-bond donors (Lipinski definition) is 2. The number of aliphatic hydroxyl groups is 1. The van der Waals surface area contributed by atoms with Crippen molar-refractivity contribution < 1.29 is 19.4 Å². The summed E-state index contributed by atoms with van der Waals surface area (Å²) >= 11 is 6.29. The SMILES string of the molecule is CCOc1c(Cl)cc(CNC(=O)c2ccc(N3CCC(O)CC3)cc2)cc1OC. The molecule has 0 atom stereocenters. The van der Waals surface area contributed by atoms with Crippen LogP contribution in [0.2, 0.25) is 5.02 Å². The summed E-state index contributed by atoms with van der Waals surface area (Å²) in [5, 5.41) is 13.0. The second kappa shape index (κ2) is 9.85. The van der Waals surface area contributed by atoms with Crippen LogP contribution < -0.4 is 19.7 Å². The summed E-state index contributed by atoms with van der Waals surface area (Å²) < 4.78 is 10.9. The molecule has 2 N–H and O–H groups in total. The zero-order valence-corrected chi connectivity index (χ0v) is 17.5. The van der Waals surface area contributed by atoms with Gasteiger partial charge in [-0.15, -0.1) is 0 Å². The molecule has 2 aromatic rings. The lowest BCUT2D eigenvalue weighted by molar-refractivity contribution is 0.0951. The summed E-state index contributed by atoms with van der Waals surface area (Å²) in [6, 6.07) is 11.1. The maximum Gasteiger partial charge on any atom is 0.251 e. The minimum atomic E-state index is -0.203. The fraction of sp³-hybridized carbons (Fsp3) is 0.409. The number of methoxy groups -OCH3 is 1. The van der Waals surface area contributed by atoms with Gasteiger partial charge in [0.1, 0.15) is 0 Å². The Balaban J connectivity index is 1.61. The van der Waals surface area contributed by atoms with E-state index in [1.807, 2.05) is 37.3 Å². The number of halogens is 1. The Kier molecular flexibility index (Phi) is 7.23. The quantitative estimate of drug-likeness (QED) is 0.718. The number of carbonyl (C=O) groups excluding carboxylic acids is 1. The maximum atomic E-state index is 12.5. The molecule has 1 aliphatic heterocycles. The van der Waals surface area contributed by atoms with E-state index in [0.29, 0.717) is 35.2 Å². The molecule has 1 heterocycles. The van der Waals surface area contributed by atoms with Crippen molar-refractivity contribution in [3.8, 4) is 11.5 Å². The summed E-state index contributed by atoms with van der Waals surface area (Å²) in [7, 11) is 1.56. The number of anilines is 1. The number of hydrogen-bond acceptors (Lipinski definition) is 5. The molecule has 0 aromatic heterocycles. The molecule has 3 rings (SSSR count). The molecule has 1 aliphatic rings. The first kappa shape index (κ1) is 21.3. The molecule has 2 aromatic carbocycles. The van der Waals surface area contributed by atoms with Gasteiger partial charge >= 0.3 is 0 Å². The first-order valence-corrected chi connectivity index (χ1v) is 10.2. The predicted octanol–water partition coefficient (Wildman–Crippen LogP) is 3.64. The number of benzene rings is 2. The van der Waals surface area contributed by atoms with Crippen LogP contribution in [0.4, 0.5) is 5.69 Å². The number of carbonyl (C=O) groups is 1. The van der Waals surface area contributed by atoms with Crippen LogP contribution in [0.3, 0.4) is 0 Å². The highest BCUT2D eigenvalue weighted by Gasteiger charge is 2.17. The van der Waals surface area contributed by atoms with Gasteiger partial charge in [0, 0.05) is 30.9 Å². The van der Waals surface area contributed by atoms with E-state index in [4.69, 9.17) is 21.1 Å². The van der Waals surface area contributed by atoms with Crippen LogP contribution >= 0.6 is 11.6 Å². The van der Waals surface area contributed by atoms with Gasteiger partial charge in [0.2, 0.25) is 0 Å². The Morgan fingerprint density at radius 3 is 2.55 bits per heavy atom. The van der Waals surface area contributed by atoms with Gasteiger partial charge in [-0.25, -0.2) is 0 Å². The number of amides is 1. The number of nitrogens with zero attached hydrogens (tertiary/aromatic N) is 1. The van der Waals surface area contributed by atoms with Gasteiger partial charge in [-0.05, 0) is 61.7 Å². The standard InChI is InChI=1S/C22H27ClN2O4/c1-3-29-21-19(23)12-15(13-20(21)28-2)14-24-22(27)16-4-6-17(7-5-16)25-10-8-18(26)9-11-25/h4-7,12-13,18,26H,3,8-11,14H2,1-2H3,(H,24,27). The minimum Gasteiger partial charge on any atom is -0.493 e. The van der Waals surface area contributed by atoms with E-state index in [9.17, 15) is 9.90 Å². The van der Waals surface area contributed by atoms with Crippen molar-refractivity contribution in [1.82, 2.24) is 5.32 Å². The molecule has 29 heavy (non-hydrogen) atoms. The third kappa shape index (κ3) is 5.34. The van der Waals surface area contributed by atoms with Crippen LogP contribution in [0.25, 0.3) is 0 Å². The lowest BCUT2D eigenvalue weighted by Crippen LogP contribution is -2.35. The van der Waals surface area contributed by atoms with Gasteiger partial charge in [-0.2, -0.15) is 0 Å². The number of aliphatic hydroxyl groups excluding tert-OH is 1. The molecular weight excluding hydrogens is 392 g/mol. The van der Waals surface area contributed by atoms with Gasteiger partial charge in [0.15, 0.2) is 11.5 Å². The van der Waals surface area contributed by atoms with E-state index in [1.54, 1.807) is 13.2 Å². The Hall–Kier alpha value is -2.44. The van der Waals surface area contributed by atoms with E-state index in [2.05, 4.69) is 10.2 Å². The summed E-state index contributed by atoms with van der Waals surface area (Å²) in [5.41, 5.74) is 2.48. The fourth-order valence-corrected chi connectivity index (χ4v) is 3.68. The summed E-state index contributed by atoms with van der Waals surface area (Å²) in [5.74, 6) is 0.891. The maximum absolute atomic E-state index is 12.5. The van der Waals surface area contributed by atoms with Gasteiger partial charge in [0.25, 0.3) is 5.91 Å². The van der Waals surface area contributed by atoms with Crippen LogP contribution in [-0.2, 0) is 6.54 Å². The van der Waals surface area contributed by atoms with Gasteiger partial charge in [-0.1, -0.05) is 11.6 Å².